The molecule has 2 fully saturated rings. The van der Waals surface area contributed by atoms with Crippen molar-refractivity contribution < 1.29 is 9.18 Å². The maximum absolute atomic E-state index is 13.8. The molecule has 0 radical (unpaired) electrons. The minimum atomic E-state index is -0.423. The van der Waals surface area contributed by atoms with Gasteiger partial charge in [0.15, 0.2) is 0 Å². The molecule has 24 heavy (non-hydrogen) atoms. The third-order valence-corrected chi connectivity index (χ3v) is 4.96. The summed E-state index contributed by atoms with van der Waals surface area (Å²) in [6.07, 6.45) is 3.45. The standard InChI is InChI=1S/C18H26FN3O.ClH/c19-17-5-2-1-4-16(17)18(23)22-11-3-10-21(12-13-22)14-15-6-8-20-9-7-15;/h1-2,4-5,15,20H,3,6-14H2;1H. The van der Waals surface area contributed by atoms with E-state index in [1.165, 1.54) is 18.9 Å². The average molecular weight is 356 g/mol. The number of rotatable bonds is 3. The van der Waals surface area contributed by atoms with E-state index in [-0.39, 0.29) is 23.9 Å². The van der Waals surface area contributed by atoms with Crippen LogP contribution in [0.2, 0.25) is 0 Å². The number of halogens is 2. The lowest BCUT2D eigenvalue weighted by molar-refractivity contribution is 0.0755. The van der Waals surface area contributed by atoms with Crippen molar-refractivity contribution in [3.8, 4) is 0 Å². The lowest BCUT2D eigenvalue weighted by Gasteiger charge is -2.29. The van der Waals surface area contributed by atoms with Crippen LogP contribution in [0.4, 0.5) is 4.39 Å². The molecule has 0 atom stereocenters. The van der Waals surface area contributed by atoms with Crippen LogP contribution in [0.15, 0.2) is 24.3 Å². The Kier molecular flexibility index (Phi) is 7.46. The molecule has 2 aliphatic rings. The second kappa shape index (κ2) is 9.35. The number of amides is 1. The van der Waals surface area contributed by atoms with E-state index in [1.54, 1.807) is 23.1 Å². The van der Waals surface area contributed by atoms with Crippen LogP contribution in [-0.2, 0) is 0 Å². The number of carbonyl (C=O) groups excluding carboxylic acids is 1. The highest BCUT2D eigenvalue weighted by molar-refractivity contribution is 5.94. The summed E-state index contributed by atoms with van der Waals surface area (Å²) in [5, 5.41) is 3.40. The largest absolute Gasteiger partial charge is 0.337 e. The maximum atomic E-state index is 13.8. The SMILES string of the molecule is Cl.O=C(c1ccccc1F)N1CCCN(CC2CCNCC2)CC1. The molecule has 4 nitrogen and oxygen atoms in total. The summed E-state index contributed by atoms with van der Waals surface area (Å²) in [5.41, 5.74) is 0.194. The zero-order chi connectivity index (χ0) is 16.1. The second-order valence-electron chi connectivity index (χ2n) is 6.62. The molecule has 0 unspecified atom stereocenters. The molecule has 2 heterocycles. The minimum absolute atomic E-state index is 0. The fraction of sp³-hybridized carbons (Fsp3) is 0.611. The number of nitrogens with one attached hydrogen (secondary N) is 1. The van der Waals surface area contributed by atoms with Crippen molar-refractivity contribution in [2.75, 3.05) is 45.8 Å². The number of benzene rings is 1. The van der Waals surface area contributed by atoms with Crippen LogP contribution in [-0.4, -0.2) is 61.5 Å². The molecule has 2 saturated heterocycles. The van der Waals surface area contributed by atoms with Gasteiger partial charge in [-0.25, -0.2) is 4.39 Å². The van der Waals surface area contributed by atoms with Gasteiger partial charge in [0.1, 0.15) is 5.82 Å². The van der Waals surface area contributed by atoms with Crippen molar-refractivity contribution in [2.45, 2.75) is 19.3 Å². The summed E-state index contributed by atoms with van der Waals surface area (Å²) in [4.78, 5) is 16.8. The Bertz CT molecular complexity index is 537. The lowest BCUT2D eigenvalue weighted by Crippen LogP contribution is -2.39. The molecule has 134 valence electrons. The average Bonchev–Trinajstić information content (AvgIpc) is 2.81. The van der Waals surface area contributed by atoms with Crippen LogP contribution in [0, 0.1) is 11.7 Å². The molecule has 2 aliphatic heterocycles. The molecular weight excluding hydrogens is 329 g/mol. The molecule has 0 saturated carbocycles. The predicted octanol–water partition coefficient (Wildman–Crippen LogP) is 2.40. The fourth-order valence-corrected chi connectivity index (χ4v) is 3.59. The predicted molar refractivity (Wildman–Crippen MR) is 96.2 cm³/mol. The van der Waals surface area contributed by atoms with Crippen molar-refractivity contribution in [1.82, 2.24) is 15.1 Å². The van der Waals surface area contributed by atoms with Crippen molar-refractivity contribution in [3.05, 3.63) is 35.6 Å². The van der Waals surface area contributed by atoms with E-state index >= 15 is 0 Å². The lowest BCUT2D eigenvalue weighted by atomic mass is 9.97. The van der Waals surface area contributed by atoms with Crippen molar-refractivity contribution >= 4 is 18.3 Å². The maximum Gasteiger partial charge on any atom is 0.256 e. The molecule has 0 aromatic heterocycles. The Morgan fingerprint density at radius 2 is 1.88 bits per heavy atom. The molecule has 0 spiro atoms. The van der Waals surface area contributed by atoms with Crippen LogP contribution >= 0.6 is 12.4 Å². The molecule has 1 amide bonds. The first-order valence-electron chi connectivity index (χ1n) is 8.71. The highest BCUT2D eigenvalue weighted by Crippen LogP contribution is 2.16. The normalized spacial score (nSPS) is 20.3. The summed E-state index contributed by atoms with van der Waals surface area (Å²) in [7, 11) is 0. The second-order valence-corrected chi connectivity index (χ2v) is 6.62. The number of nitrogens with zero attached hydrogens (tertiary/aromatic N) is 2. The zero-order valence-corrected chi connectivity index (χ0v) is 14.9. The Morgan fingerprint density at radius 1 is 1.12 bits per heavy atom. The Balaban J connectivity index is 0.00000208. The van der Waals surface area contributed by atoms with Gasteiger partial charge in [0, 0.05) is 26.2 Å². The first kappa shape index (κ1) is 19.2. The first-order valence-corrected chi connectivity index (χ1v) is 8.71. The Labute approximate surface area is 149 Å². The van der Waals surface area contributed by atoms with Crippen LogP contribution in [0.5, 0.6) is 0 Å². The quantitative estimate of drug-likeness (QED) is 0.904. The van der Waals surface area contributed by atoms with Crippen molar-refractivity contribution in [1.29, 1.82) is 0 Å². The molecular formula is C18H27ClFN3O. The van der Waals surface area contributed by atoms with Crippen LogP contribution in [0.1, 0.15) is 29.6 Å². The number of hydrogen-bond acceptors (Lipinski definition) is 3. The van der Waals surface area contributed by atoms with Gasteiger partial charge >= 0.3 is 0 Å². The van der Waals surface area contributed by atoms with Gasteiger partial charge in [-0.05, 0) is 56.9 Å². The number of hydrogen-bond donors (Lipinski definition) is 1. The third-order valence-electron chi connectivity index (χ3n) is 4.96. The monoisotopic (exact) mass is 355 g/mol. The van der Waals surface area contributed by atoms with Gasteiger partial charge in [-0.15, -0.1) is 12.4 Å². The third kappa shape index (κ3) is 4.91. The van der Waals surface area contributed by atoms with Gasteiger partial charge in [0.05, 0.1) is 5.56 Å². The van der Waals surface area contributed by atoms with Gasteiger partial charge in [-0.2, -0.15) is 0 Å². The highest BCUT2D eigenvalue weighted by atomic mass is 35.5. The molecule has 6 heteroatoms. The molecule has 3 rings (SSSR count). The fourth-order valence-electron chi connectivity index (χ4n) is 3.59. The molecule has 0 bridgehead atoms. The first-order chi connectivity index (χ1) is 11.2. The van der Waals surface area contributed by atoms with E-state index < -0.39 is 5.82 Å². The molecule has 0 aliphatic carbocycles. The van der Waals surface area contributed by atoms with E-state index in [1.807, 2.05) is 0 Å². The van der Waals surface area contributed by atoms with Crippen LogP contribution in [0.25, 0.3) is 0 Å². The van der Waals surface area contributed by atoms with Crippen LogP contribution < -0.4 is 5.32 Å². The van der Waals surface area contributed by atoms with Crippen molar-refractivity contribution in [2.24, 2.45) is 5.92 Å². The number of carbonyl (C=O) groups is 1. The molecule has 1 aromatic rings. The zero-order valence-electron chi connectivity index (χ0n) is 14.0. The van der Waals surface area contributed by atoms with E-state index in [4.69, 9.17) is 0 Å². The van der Waals surface area contributed by atoms with E-state index in [2.05, 4.69) is 10.2 Å². The smallest absolute Gasteiger partial charge is 0.256 e. The summed E-state index contributed by atoms with van der Waals surface area (Å²) >= 11 is 0. The Hall–Kier alpha value is -1.17. The van der Waals surface area contributed by atoms with Crippen molar-refractivity contribution in [3.63, 3.8) is 0 Å². The van der Waals surface area contributed by atoms with Gasteiger partial charge in [0.25, 0.3) is 5.91 Å². The minimum Gasteiger partial charge on any atom is -0.337 e. The molecule has 1 N–H and O–H groups in total. The van der Waals surface area contributed by atoms with E-state index in [0.29, 0.717) is 6.54 Å². The van der Waals surface area contributed by atoms with Gasteiger partial charge < -0.3 is 15.1 Å². The molecule has 1 aromatic carbocycles. The van der Waals surface area contributed by atoms with E-state index in [0.717, 1.165) is 51.6 Å². The van der Waals surface area contributed by atoms with Gasteiger partial charge in [-0.1, -0.05) is 12.1 Å². The summed E-state index contributed by atoms with van der Waals surface area (Å²) < 4.78 is 13.8. The summed E-state index contributed by atoms with van der Waals surface area (Å²) in [6.45, 7) is 6.71. The summed E-state index contributed by atoms with van der Waals surface area (Å²) in [6, 6.07) is 6.27. The topological polar surface area (TPSA) is 35.6 Å². The number of piperidine rings is 1. The summed E-state index contributed by atoms with van der Waals surface area (Å²) in [5.74, 6) is 0.171. The van der Waals surface area contributed by atoms with Gasteiger partial charge in [0.2, 0.25) is 0 Å². The van der Waals surface area contributed by atoms with Gasteiger partial charge in [-0.3, -0.25) is 4.79 Å². The van der Waals surface area contributed by atoms with E-state index in [9.17, 15) is 9.18 Å². The highest BCUT2D eigenvalue weighted by Gasteiger charge is 2.24. The Morgan fingerprint density at radius 3 is 2.62 bits per heavy atom. The van der Waals surface area contributed by atoms with Crippen LogP contribution in [0.3, 0.4) is 0 Å².